The summed E-state index contributed by atoms with van der Waals surface area (Å²) in [5.74, 6) is 0.590. The Labute approximate surface area is 192 Å². The van der Waals surface area contributed by atoms with Crippen LogP contribution in [0.5, 0.6) is 5.75 Å². The molecule has 0 spiro atoms. The van der Waals surface area contributed by atoms with Gasteiger partial charge < -0.3 is 14.5 Å². The van der Waals surface area contributed by atoms with Crippen LogP contribution < -0.4 is 15.2 Å². The number of Topliss-reactive ketones (excluding diaryl/α,β-unsaturated/α-hetero) is 1. The molecule has 1 aromatic heterocycles. The van der Waals surface area contributed by atoms with Gasteiger partial charge in [-0.05, 0) is 49.4 Å². The van der Waals surface area contributed by atoms with E-state index in [0.29, 0.717) is 43.2 Å². The molecule has 8 heteroatoms. The van der Waals surface area contributed by atoms with Crippen molar-refractivity contribution in [1.82, 2.24) is 14.7 Å². The van der Waals surface area contributed by atoms with Crippen molar-refractivity contribution in [3.63, 3.8) is 0 Å². The van der Waals surface area contributed by atoms with E-state index in [1.807, 2.05) is 48.5 Å². The minimum Gasteiger partial charge on any atom is -0.497 e. The van der Waals surface area contributed by atoms with Crippen molar-refractivity contribution in [2.24, 2.45) is 0 Å². The van der Waals surface area contributed by atoms with Crippen LogP contribution in [0.15, 0.2) is 65.5 Å². The van der Waals surface area contributed by atoms with Gasteiger partial charge in [-0.25, -0.2) is 4.68 Å². The average Bonchev–Trinajstić information content (AvgIpc) is 2.85. The maximum absolute atomic E-state index is 12.9. The molecular weight excluding hydrogens is 420 g/mol. The zero-order valence-electron chi connectivity index (χ0n) is 18.7. The first-order valence-electron chi connectivity index (χ1n) is 10.8. The lowest BCUT2D eigenvalue weighted by Crippen LogP contribution is -2.50. The highest BCUT2D eigenvalue weighted by Crippen LogP contribution is 2.21. The molecule has 2 aromatic carbocycles. The number of amides is 1. The zero-order chi connectivity index (χ0) is 23.4. The fraction of sp³-hybridized carbons (Fsp3) is 0.280. The third kappa shape index (κ3) is 5.11. The zero-order valence-corrected chi connectivity index (χ0v) is 18.7. The predicted molar refractivity (Wildman–Crippen MR) is 126 cm³/mol. The normalized spacial score (nSPS) is 13.6. The number of piperazine rings is 1. The summed E-state index contributed by atoms with van der Waals surface area (Å²) in [6, 6.07) is 18.0. The number of hydrogen-bond donors (Lipinski definition) is 0. The monoisotopic (exact) mass is 446 g/mol. The molecule has 0 radical (unpaired) electrons. The molecule has 0 unspecified atom stereocenters. The number of rotatable bonds is 6. The molecule has 4 rings (SSSR count). The van der Waals surface area contributed by atoms with E-state index in [1.54, 1.807) is 25.0 Å². The third-order valence-electron chi connectivity index (χ3n) is 5.79. The molecule has 0 atom stereocenters. The van der Waals surface area contributed by atoms with E-state index in [4.69, 9.17) is 4.74 Å². The van der Waals surface area contributed by atoms with Gasteiger partial charge in [-0.2, -0.15) is 5.10 Å². The van der Waals surface area contributed by atoms with Crippen molar-refractivity contribution < 1.29 is 14.3 Å². The SMILES string of the molecule is COc1cccc(-c2ccc(=O)n(CC(=O)N3CCN(c4ccc(C(C)=O)cc4)CC3)n2)c1. The lowest BCUT2D eigenvalue weighted by molar-refractivity contribution is -0.132. The van der Waals surface area contributed by atoms with Gasteiger partial charge in [0.15, 0.2) is 5.78 Å². The Morgan fingerprint density at radius 1 is 0.970 bits per heavy atom. The first-order chi connectivity index (χ1) is 15.9. The highest BCUT2D eigenvalue weighted by Gasteiger charge is 2.22. The molecule has 1 amide bonds. The second kappa shape index (κ2) is 9.68. The van der Waals surface area contributed by atoms with Crippen molar-refractivity contribution in [3.05, 3.63) is 76.6 Å². The maximum Gasteiger partial charge on any atom is 0.267 e. The predicted octanol–water partition coefficient (Wildman–Crippen LogP) is 2.47. The molecule has 1 aliphatic heterocycles. The molecule has 170 valence electrons. The Balaban J connectivity index is 1.41. The Kier molecular flexibility index (Phi) is 6.53. The Hall–Kier alpha value is -3.94. The van der Waals surface area contributed by atoms with E-state index >= 15 is 0 Å². The first kappa shape index (κ1) is 22.3. The fourth-order valence-corrected chi connectivity index (χ4v) is 3.85. The minimum absolute atomic E-state index is 0.0382. The van der Waals surface area contributed by atoms with Crippen molar-refractivity contribution in [2.45, 2.75) is 13.5 Å². The Morgan fingerprint density at radius 3 is 2.36 bits per heavy atom. The quantitative estimate of drug-likeness (QED) is 0.541. The van der Waals surface area contributed by atoms with E-state index < -0.39 is 0 Å². The molecule has 0 bridgehead atoms. The van der Waals surface area contributed by atoms with Crippen LogP contribution >= 0.6 is 0 Å². The van der Waals surface area contributed by atoms with Crippen LogP contribution in [-0.4, -0.2) is 59.7 Å². The smallest absolute Gasteiger partial charge is 0.267 e. The summed E-state index contributed by atoms with van der Waals surface area (Å²) in [4.78, 5) is 40.6. The average molecular weight is 447 g/mol. The van der Waals surface area contributed by atoms with Gasteiger partial charge in [0, 0.05) is 49.1 Å². The second-order valence-electron chi connectivity index (χ2n) is 7.92. The molecular formula is C25H26N4O4. The molecule has 2 heterocycles. The number of aromatic nitrogens is 2. The summed E-state index contributed by atoms with van der Waals surface area (Å²) in [7, 11) is 1.59. The number of methoxy groups -OCH3 is 1. The molecule has 0 aliphatic carbocycles. The van der Waals surface area contributed by atoms with Crippen molar-refractivity contribution in [3.8, 4) is 17.0 Å². The van der Waals surface area contributed by atoms with Gasteiger partial charge in [0.1, 0.15) is 12.3 Å². The molecule has 1 fully saturated rings. The number of ketones is 1. The van der Waals surface area contributed by atoms with Gasteiger partial charge in [0.25, 0.3) is 5.56 Å². The number of hydrogen-bond acceptors (Lipinski definition) is 6. The molecule has 1 saturated heterocycles. The largest absolute Gasteiger partial charge is 0.497 e. The summed E-state index contributed by atoms with van der Waals surface area (Å²) < 4.78 is 6.47. The number of ether oxygens (including phenoxy) is 1. The number of benzene rings is 2. The Morgan fingerprint density at radius 2 is 1.70 bits per heavy atom. The highest BCUT2D eigenvalue weighted by molar-refractivity contribution is 5.94. The number of carbonyl (C=O) groups excluding carboxylic acids is 2. The molecule has 1 aliphatic rings. The summed E-state index contributed by atoms with van der Waals surface area (Å²) in [5.41, 5.74) is 2.79. The fourth-order valence-electron chi connectivity index (χ4n) is 3.85. The van der Waals surface area contributed by atoms with E-state index in [-0.39, 0.29) is 23.8 Å². The van der Waals surface area contributed by atoms with Crippen LogP contribution in [-0.2, 0) is 11.3 Å². The Bertz CT molecular complexity index is 1210. The molecule has 8 nitrogen and oxygen atoms in total. The van der Waals surface area contributed by atoms with Crippen LogP contribution in [0, 0.1) is 0 Å². The molecule has 3 aromatic rings. The van der Waals surface area contributed by atoms with Crippen molar-refractivity contribution in [2.75, 3.05) is 38.2 Å². The van der Waals surface area contributed by atoms with Gasteiger partial charge in [0.2, 0.25) is 5.91 Å². The van der Waals surface area contributed by atoms with Crippen LogP contribution in [0.25, 0.3) is 11.3 Å². The number of anilines is 1. The van der Waals surface area contributed by atoms with Crippen LogP contribution in [0.4, 0.5) is 5.69 Å². The van der Waals surface area contributed by atoms with E-state index in [0.717, 1.165) is 11.3 Å². The van der Waals surface area contributed by atoms with Gasteiger partial charge in [-0.1, -0.05) is 12.1 Å². The summed E-state index contributed by atoms with van der Waals surface area (Å²) in [5, 5.41) is 4.40. The number of carbonyl (C=O) groups is 2. The van der Waals surface area contributed by atoms with Crippen molar-refractivity contribution >= 4 is 17.4 Å². The van der Waals surface area contributed by atoms with E-state index in [1.165, 1.54) is 10.7 Å². The standard InChI is InChI=1S/C25H26N4O4/c1-18(30)19-6-8-21(9-7-19)27-12-14-28(15-13-27)25(32)17-29-24(31)11-10-23(26-29)20-4-3-5-22(16-20)33-2/h3-11,16H,12-15,17H2,1-2H3. The summed E-state index contributed by atoms with van der Waals surface area (Å²) >= 11 is 0. The maximum atomic E-state index is 12.9. The summed E-state index contributed by atoms with van der Waals surface area (Å²) in [6.45, 7) is 3.90. The second-order valence-corrected chi connectivity index (χ2v) is 7.92. The molecule has 0 N–H and O–H groups in total. The summed E-state index contributed by atoms with van der Waals surface area (Å²) in [6.07, 6.45) is 0. The van der Waals surface area contributed by atoms with Gasteiger partial charge in [0.05, 0.1) is 12.8 Å². The molecule has 33 heavy (non-hydrogen) atoms. The lowest BCUT2D eigenvalue weighted by Gasteiger charge is -2.36. The van der Waals surface area contributed by atoms with Crippen molar-refractivity contribution in [1.29, 1.82) is 0 Å². The van der Waals surface area contributed by atoms with E-state index in [9.17, 15) is 14.4 Å². The minimum atomic E-state index is -0.320. The molecule has 0 saturated carbocycles. The third-order valence-corrected chi connectivity index (χ3v) is 5.79. The van der Waals surface area contributed by atoms with E-state index in [2.05, 4.69) is 10.00 Å². The van der Waals surface area contributed by atoms with Gasteiger partial charge in [-0.15, -0.1) is 0 Å². The van der Waals surface area contributed by atoms with Gasteiger partial charge in [-0.3, -0.25) is 14.4 Å². The van der Waals surface area contributed by atoms with Crippen LogP contribution in [0.2, 0.25) is 0 Å². The topological polar surface area (TPSA) is 84.7 Å². The van der Waals surface area contributed by atoms with Gasteiger partial charge >= 0.3 is 0 Å². The highest BCUT2D eigenvalue weighted by atomic mass is 16.5. The first-order valence-corrected chi connectivity index (χ1v) is 10.8. The van der Waals surface area contributed by atoms with Crippen LogP contribution in [0.1, 0.15) is 17.3 Å². The number of nitrogens with zero attached hydrogens (tertiary/aromatic N) is 4. The van der Waals surface area contributed by atoms with Crippen LogP contribution in [0.3, 0.4) is 0 Å². The lowest BCUT2D eigenvalue weighted by atomic mass is 10.1.